The Morgan fingerprint density at radius 1 is 1.08 bits per heavy atom. The monoisotopic (exact) mass is 543 g/mol. The number of thiophene rings is 1. The van der Waals surface area contributed by atoms with Crippen molar-refractivity contribution in [2.75, 3.05) is 20.3 Å². The van der Waals surface area contributed by atoms with Crippen molar-refractivity contribution in [1.82, 2.24) is 10.4 Å². The number of methoxy groups -OCH3 is 1. The summed E-state index contributed by atoms with van der Waals surface area (Å²) in [7, 11) is 1.66. The van der Waals surface area contributed by atoms with Crippen molar-refractivity contribution >= 4 is 27.3 Å². The van der Waals surface area contributed by atoms with E-state index in [9.17, 15) is 0 Å². The van der Waals surface area contributed by atoms with Gasteiger partial charge >= 0.3 is 0 Å². The molecular weight excluding hydrogens is 510 g/mol. The van der Waals surface area contributed by atoms with Gasteiger partial charge in [0.1, 0.15) is 30.5 Å². The largest absolute Gasteiger partial charge is 0.490 e. The normalized spacial score (nSPS) is 12.1. The van der Waals surface area contributed by atoms with Gasteiger partial charge in [0.15, 0.2) is 0 Å². The van der Waals surface area contributed by atoms with E-state index in [1.54, 1.807) is 31.6 Å². The van der Waals surface area contributed by atoms with E-state index in [1.165, 1.54) is 10.1 Å². The van der Waals surface area contributed by atoms with Crippen molar-refractivity contribution < 1.29 is 14.2 Å². The van der Waals surface area contributed by atoms with Crippen LogP contribution in [0.5, 0.6) is 11.5 Å². The molecule has 0 aliphatic heterocycles. The summed E-state index contributed by atoms with van der Waals surface area (Å²) in [5, 5.41) is 7.02. The van der Waals surface area contributed by atoms with Crippen LogP contribution >= 0.6 is 11.3 Å². The molecule has 202 valence electrons. The van der Waals surface area contributed by atoms with E-state index in [2.05, 4.69) is 50.9 Å². The molecule has 39 heavy (non-hydrogen) atoms. The van der Waals surface area contributed by atoms with E-state index in [-0.39, 0.29) is 5.92 Å². The Balaban J connectivity index is 1.49. The number of benzene rings is 2. The van der Waals surface area contributed by atoms with Crippen LogP contribution in [0.3, 0.4) is 0 Å². The number of rotatable bonds is 11. The molecule has 0 aliphatic rings. The van der Waals surface area contributed by atoms with Crippen molar-refractivity contribution in [1.29, 1.82) is 0 Å². The van der Waals surface area contributed by atoms with Crippen molar-refractivity contribution in [3.05, 3.63) is 76.9 Å². The SMILES string of the molecule is CC#CC(C/C(=N/N)NN)c1ccc(OCc2ccc3scc(-c4cc(OCCOC)cnc4C)c3c2)cc1. The first-order valence-corrected chi connectivity index (χ1v) is 13.4. The van der Waals surface area contributed by atoms with Gasteiger partial charge in [-0.15, -0.1) is 17.3 Å². The third-order valence-corrected chi connectivity index (χ3v) is 7.24. The number of hydrogen-bond donors (Lipinski definition) is 3. The van der Waals surface area contributed by atoms with Crippen molar-refractivity contribution in [3.63, 3.8) is 0 Å². The Bertz CT molecular complexity index is 1490. The number of hydrogen-bond acceptors (Lipinski definition) is 8. The minimum Gasteiger partial charge on any atom is -0.490 e. The summed E-state index contributed by atoms with van der Waals surface area (Å²) >= 11 is 1.71. The average Bonchev–Trinajstić information content (AvgIpc) is 3.38. The maximum atomic E-state index is 6.13. The first kappa shape index (κ1) is 27.9. The number of hydrazine groups is 1. The van der Waals surface area contributed by atoms with Gasteiger partial charge in [0, 0.05) is 40.4 Å². The highest BCUT2D eigenvalue weighted by atomic mass is 32.1. The lowest BCUT2D eigenvalue weighted by Gasteiger charge is -2.13. The summed E-state index contributed by atoms with van der Waals surface area (Å²) in [5.41, 5.74) is 7.79. The number of aromatic nitrogens is 1. The summed E-state index contributed by atoms with van der Waals surface area (Å²) in [6.45, 7) is 5.27. The van der Waals surface area contributed by atoms with E-state index in [4.69, 9.17) is 25.9 Å². The van der Waals surface area contributed by atoms with Gasteiger partial charge in [0.2, 0.25) is 0 Å². The third kappa shape index (κ3) is 7.06. The standard InChI is InChI=1S/C30H33N5O3S/c1-4-5-23(15-30(34-31)35-32)22-7-9-24(10-8-22)38-18-21-6-11-29-27(14-21)28(19-39-29)26-16-25(17-33-20(26)2)37-13-12-36-3/h6-11,14,16-17,19,23H,12-13,15,18,31-32H2,1-3H3,(H,34,35). The Labute approximate surface area is 233 Å². The Hall–Kier alpha value is -4.10. The Morgan fingerprint density at radius 2 is 1.90 bits per heavy atom. The predicted octanol–water partition coefficient (Wildman–Crippen LogP) is 5.11. The van der Waals surface area contributed by atoms with Gasteiger partial charge in [-0.1, -0.05) is 24.1 Å². The highest BCUT2D eigenvalue weighted by Crippen LogP contribution is 2.37. The van der Waals surface area contributed by atoms with Crippen LogP contribution in [-0.4, -0.2) is 31.1 Å². The number of amidine groups is 1. The maximum absolute atomic E-state index is 6.13. The second-order valence-electron chi connectivity index (χ2n) is 8.85. The summed E-state index contributed by atoms with van der Waals surface area (Å²) < 4.78 is 18.2. The smallest absolute Gasteiger partial charge is 0.138 e. The zero-order chi connectivity index (χ0) is 27.6. The molecule has 2 aromatic carbocycles. The molecule has 0 aliphatic carbocycles. The Morgan fingerprint density at radius 3 is 2.62 bits per heavy atom. The van der Waals surface area contributed by atoms with Gasteiger partial charge in [-0.3, -0.25) is 4.98 Å². The topological polar surface area (TPSA) is 117 Å². The Kier molecular flexibility index (Phi) is 9.75. The number of nitrogens with one attached hydrogen (secondary N) is 1. The van der Waals surface area contributed by atoms with Crippen LogP contribution in [0.1, 0.15) is 36.1 Å². The van der Waals surface area contributed by atoms with Crippen molar-refractivity contribution in [2.24, 2.45) is 16.8 Å². The number of nitrogens with two attached hydrogens (primary N) is 2. The molecule has 0 saturated carbocycles. The first-order chi connectivity index (χ1) is 19.1. The predicted molar refractivity (Wildman–Crippen MR) is 158 cm³/mol. The van der Waals surface area contributed by atoms with E-state index in [1.807, 2.05) is 37.3 Å². The number of ether oxygens (including phenoxy) is 3. The van der Waals surface area contributed by atoms with Gasteiger partial charge < -0.3 is 25.5 Å². The fourth-order valence-corrected chi connectivity index (χ4v) is 5.16. The minimum absolute atomic E-state index is 0.0800. The first-order valence-electron chi connectivity index (χ1n) is 12.5. The van der Waals surface area contributed by atoms with Gasteiger partial charge in [0.05, 0.1) is 18.7 Å². The molecule has 5 N–H and O–H groups in total. The quantitative estimate of drug-likeness (QED) is 0.0601. The molecule has 0 bridgehead atoms. The van der Waals surface area contributed by atoms with E-state index in [0.717, 1.165) is 39.4 Å². The van der Waals surface area contributed by atoms with E-state index < -0.39 is 0 Å². The lowest BCUT2D eigenvalue weighted by molar-refractivity contribution is 0.146. The zero-order valence-corrected chi connectivity index (χ0v) is 23.2. The van der Waals surface area contributed by atoms with E-state index in [0.29, 0.717) is 32.1 Å². The van der Waals surface area contributed by atoms with Crippen LogP contribution in [0.2, 0.25) is 0 Å². The van der Waals surface area contributed by atoms with Crippen LogP contribution in [0, 0.1) is 18.8 Å². The van der Waals surface area contributed by atoms with Gasteiger partial charge in [-0.05, 0) is 60.7 Å². The van der Waals surface area contributed by atoms with Crippen LogP contribution in [0.15, 0.2) is 65.2 Å². The lowest BCUT2D eigenvalue weighted by Crippen LogP contribution is -2.32. The third-order valence-electron chi connectivity index (χ3n) is 6.27. The highest BCUT2D eigenvalue weighted by molar-refractivity contribution is 7.17. The number of aryl methyl sites for hydroxylation is 1. The molecule has 0 spiro atoms. The summed E-state index contributed by atoms with van der Waals surface area (Å²) in [4.78, 5) is 4.56. The number of nitrogens with zero attached hydrogens (tertiary/aromatic N) is 2. The molecule has 2 aromatic heterocycles. The van der Waals surface area contributed by atoms with Gasteiger partial charge in [-0.2, -0.15) is 5.10 Å². The lowest BCUT2D eigenvalue weighted by atomic mass is 9.95. The van der Waals surface area contributed by atoms with Crippen LogP contribution in [0.4, 0.5) is 0 Å². The molecule has 0 fully saturated rings. The molecule has 0 saturated heterocycles. The molecule has 1 atom stereocenters. The molecule has 4 rings (SSSR count). The van der Waals surface area contributed by atoms with Crippen LogP contribution in [0.25, 0.3) is 21.2 Å². The van der Waals surface area contributed by atoms with Crippen LogP contribution < -0.4 is 26.6 Å². The molecule has 2 heterocycles. The molecular formula is C30H33N5O3S. The van der Waals surface area contributed by atoms with Crippen molar-refractivity contribution in [2.45, 2.75) is 32.8 Å². The number of hydrazone groups is 1. The fourth-order valence-electron chi connectivity index (χ4n) is 4.21. The van der Waals surface area contributed by atoms with Gasteiger partial charge in [0.25, 0.3) is 0 Å². The minimum atomic E-state index is -0.0800. The number of fused-ring (bicyclic) bond motifs is 1. The highest BCUT2D eigenvalue weighted by Gasteiger charge is 2.14. The molecule has 0 radical (unpaired) electrons. The number of pyridine rings is 1. The fraction of sp³-hybridized carbons (Fsp3) is 0.267. The summed E-state index contributed by atoms with van der Waals surface area (Å²) in [6.07, 6.45) is 2.25. The molecule has 9 heteroatoms. The van der Waals surface area contributed by atoms with Crippen molar-refractivity contribution in [3.8, 4) is 34.5 Å². The van der Waals surface area contributed by atoms with Gasteiger partial charge in [-0.25, -0.2) is 5.84 Å². The second kappa shape index (κ2) is 13.6. The zero-order valence-electron chi connectivity index (χ0n) is 22.4. The molecule has 1 unspecified atom stereocenters. The molecule has 4 aromatic rings. The summed E-state index contributed by atoms with van der Waals surface area (Å²) in [6, 6.07) is 16.4. The maximum Gasteiger partial charge on any atom is 0.138 e. The average molecular weight is 544 g/mol. The molecule has 0 amide bonds. The summed E-state index contributed by atoms with van der Waals surface area (Å²) in [5.74, 6) is 19.0. The van der Waals surface area contributed by atoms with Crippen LogP contribution in [-0.2, 0) is 11.3 Å². The van der Waals surface area contributed by atoms with E-state index >= 15 is 0 Å². The molecule has 8 nitrogen and oxygen atoms in total. The second-order valence-corrected chi connectivity index (χ2v) is 9.77.